The fourth-order valence-electron chi connectivity index (χ4n) is 4.28. The van der Waals surface area contributed by atoms with Gasteiger partial charge in [0.05, 0.1) is 18.2 Å². The van der Waals surface area contributed by atoms with Gasteiger partial charge in [-0.3, -0.25) is 14.4 Å². The average Bonchev–Trinajstić information content (AvgIpc) is 3.23. The summed E-state index contributed by atoms with van der Waals surface area (Å²) in [6, 6.07) is 12.4. The summed E-state index contributed by atoms with van der Waals surface area (Å²) in [5, 5.41) is 2.57. The molecule has 0 bridgehead atoms. The van der Waals surface area contributed by atoms with E-state index in [9.17, 15) is 14.4 Å². The maximum Gasteiger partial charge on any atom is 0.262 e. The molecule has 9 heteroatoms. The van der Waals surface area contributed by atoms with Crippen LogP contribution in [0.1, 0.15) is 6.42 Å². The van der Waals surface area contributed by atoms with E-state index in [0.29, 0.717) is 41.8 Å². The van der Waals surface area contributed by atoms with Crippen LogP contribution in [0.4, 0.5) is 11.4 Å². The van der Waals surface area contributed by atoms with Crippen LogP contribution in [-0.4, -0.2) is 57.2 Å². The van der Waals surface area contributed by atoms with Crippen molar-refractivity contribution in [3.8, 4) is 17.2 Å². The molecule has 3 heterocycles. The molecule has 0 saturated carbocycles. The predicted octanol–water partition coefficient (Wildman–Crippen LogP) is 1.35. The number of hydrogen-bond donors (Lipinski definition) is 1. The van der Waals surface area contributed by atoms with E-state index < -0.39 is 12.0 Å². The third kappa shape index (κ3) is 3.49. The van der Waals surface area contributed by atoms with Crippen LogP contribution in [0.25, 0.3) is 0 Å². The maximum atomic E-state index is 13.5. The van der Waals surface area contributed by atoms with Crippen molar-refractivity contribution < 1.29 is 28.6 Å². The zero-order valence-electron chi connectivity index (χ0n) is 17.6. The largest absolute Gasteiger partial charge is 0.486 e. The third-order valence-electron chi connectivity index (χ3n) is 5.89. The first-order valence-electron chi connectivity index (χ1n) is 10.5. The van der Waals surface area contributed by atoms with Crippen LogP contribution in [0.5, 0.6) is 17.2 Å². The maximum absolute atomic E-state index is 13.5. The Labute approximate surface area is 184 Å². The number of fused-ring (bicyclic) bond motifs is 2. The molecular formula is C23H23N3O6. The zero-order valence-corrected chi connectivity index (χ0v) is 17.6. The fourth-order valence-corrected chi connectivity index (χ4v) is 4.28. The van der Waals surface area contributed by atoms with Crippen molar-refractivity contribution in [1.29, 1.82) is 0 Å². The van der Waals surface area contributed by atoms with Gasteiger partial charge in [0.25, 0.3) is 5.91 Å². The predicted molar refractivity (Wildman–Crippen MR) is 115 cm³/mol. The lowest BCUT2D eigenvalue weighted by molar-refractivity contribution is -0.128. The van der Waals surface area contributed by atoms with E-state index in [-0.39, 0.29) is 37.2 Å². The first-order valence-corrected chi connectivity index (χ1v) is 10.5. The molecule has 0 radical (unpaired) electrons. The molecule has 2 atom stereocenters. The number of nitrogens with zero attached hydrogens (tertiary/aromatic N) is 2. The van der Waals surface area contributed by atoms with Gasteiger partial charge in [0.2, 0.25) is 11.8 Å². The zero-order chi connectivity index (χ0) is 22.2. The lowest BCUT2D eigenvalue weighted by Crippen LogP contribution is -2.51. The van der Waals surface area contributed by atoms with Gasteiger partial charge >= 0.3 is 0 Å². The Kier molecular flexibility index (Phi) is 5.08. The topological polar surface area (TPSA) is 97.4 Å². The monoisotopic (exact) mass is 437 g/mol. The number of benzene rings is 2. The standard InChI is InChI=1S/C23H23N3O6/c1-24-22(28)20-13-26(16-4-2-3-5-17(16)32-20)23(29)14-10-21(27)25(12-14)15-6-7-18-19(11-15)31-9-8-30-18/h2-7,11,14,20H,8-10,12-13H2,1H3,(H,24,28)/t14-,20-/m1/s1. The number of hydrogen-bond acceptors (Lipinski definition) is 6. The van der Waals surface area contributed by atoms with E-state index in [4.69, 9.17) is 14.2 Å². The lowest BCUT2D eigenvalue weighted by Gasteiger charge is -2.35. The van der Waals surface area contributed by atoms with Gasteiger partial charge < -0.3 is 29.3 Å². The molecule has 1 fully saturated rings. The number of amides is 3. The Hall–Kier alpha value is -3.75. The van der Waals surface area contributed by atoms with Gasteiger partial charge in [-0.15, -0.1) is 0 Å². The van der Waals surface area contributed by atoms with Crippen molar-refractivity contribution in [2.75, 3.05) is 43.2 Å². The van der Waals surface area contributed by atoms with Gasteiger partial charge in [0.1, 0.15) is 19.0 Å². The summed E-state index contributed by atoms with van der Waals surface area (Å²) in [4.78, 5) is 41.7. The summed E-state index contributed by atoms with van der Waals surface area (Å²) in [5.41, 5.74) is 1.27. The van der Waals surface area contributed by atoms with E-state index in [2.05, 4.69) is 5.32 Å². The molecule has 1 N–H and O–H groups in total. The van der Waals surface area contributed by atoms with Crippen LogP contribution in [0.3, 0.4) is 0 Å². The number of anilines is 2. The SMILES string of the molecule is CNC(=O)[C@H]1CN(C(=O)[C@@H]2CC(=O)N(c3ccc4c(c3)OCCO4)C2)c2ccccc2O1. The molecule has 9 nitrogen and oxygen atoms in total. The normalized spacial score (nSPS) is 21.6. The minimum absolute atomic E-state index is 0.0875. The van der Waals surface area contributed by atoms with Gasteiger partial charge in [0, 0.05) is 31.8 Å². The lowest BCUT2D eigenvalue weighted by atomic mass is 10.0. The van der Waals surface area contributed by atoms with Gasteiger partial charge in [-0.2, -0.15) is 0 Å². The van der Waals surface area contributed by atoms with Crippen molar-refractivity contribution in [1.82, 2.24) is 5.32 Å². The molecule has 3 aliphatic rings. The van der Waals surface area contributed by atoms with E-state index in [0.717, 1.165) is 0 Å². The van der Waals surface area contributed by atoms with Crippen molar-refractivity contribution >= 4 is 29.1 Å². The summed E-state index contributed by atoms with van der Waals surface area (Å²) < 4.78 is 17.0. The number of carbonyl (C=O) groups excluding carboxylic acids is 3. The molecule has 0 aromatic heterocycles. The number of nitrogens with one attached hydrogen (secondary N) is 1. The molecule has 3 amide bonds. The molecule has 2 aromatic carbocycles. The Morgan fingerprint density at radius 3 is 2.59 bits per heavy atom. The second-order valence-corrected chi connectivity index (χ2v) is 7.87. The first-order chi connectivity index (χ1) is 15.5. The first kappa shape index (κ1) is 20.2. The van der Waals surface area contributed by atoms with Gasteiger partial charge in [0.15, 0.2) is 17.6 Å². The molecule has 5 rings (SSSR count). The summed E-state index contributed by atoms with van der Waals surface area (Å²) in [6.07, 6.45) is -0.720. The Balaban J connectivity index is 1.38. The smallest absolute Gasteiger partial charge is 0.262 e. The number of ether oxygens (including phenoxy) is 3. The average molecular weight is 437 g/mol. The summed E-state index contributed by atoms with van der Waals surface area (Å²) >= 11 is 0. The van der Waals surface area contributed by atoms with Crippen molar-refractivity contribution in [2.45, 2.75) is 12.5 Å². The number of likely N-dealkylation sites (N-methyl/N-ethyl adjacent to an activating group) is 1. The Bertz CT molecular complexity index is 1090. The summed E-state index contributed by atoms with van der Waals surface area (Å²) in [7, 11) is 1.53. The van der Waals surface area contributed by atoms with Crippen molar-refractivity contribution in [3.05, 3.63) is 42.5 Å². The van der Waals surface area contributed by atoms with Crippen LogP contribution in [-0.2, 0) is 14.4 Å². The van der Waals surface area contributed by atoms with Gasteiger partial charge in [-0.05, 0) is 24.3 Å². The molecule has 2 aromatic rings. The number of carbonyl (C=O) groups is 3. The van der Waals surface area contributed by atoms with E-state index in [1.807, 2.05) is 6.07 Å². The van der Waals surface area contributed by atoms with E-state index in [1.54, 1.807) is 46.2 Å². The molecule has 32 heavy (non-hydrogen) atoms. The molecule has 1 saturated heterocycles. The quantitative estimate of drug-likeness (QED) is 0.779. The number of para-hydroxylation sites is 2. The molecule has 0 spiro atoms. The highest BCUT2D eigenvalue weighted by Crippen LogP contribution is 2.38. The second-order valence-electron chi connectivity index (χ2n) is 7.87. The Morgan fingerprint density at radius 2 is 1.78 bits per heavy atom. The minimum atomic E-state index is -0.815. The van der Waals surface area contributed by atoms with Crippen LogP contribution >= 0.6 is 0 Å². The van der Waals surface area contributed by atoms with E-state index >= 15 is 0 Å². The highest BCUT2D eigenvalue weighted by atomic mass is 16.6. The van der Waals surface area contributed by atoms with Gasteiger partial charge in [-0.1, -0.05) is 12.1 Å². The van der Waals surface area contributed by atoms with Crippen LogP contribution in [0.2, 0.25) is 0 Å². The highest BCUT2D eigenvalue weighted by Gasteiger charge is 2.41. The Morgan fingerprint density at radius 1 is 1.00 bits per heavy atom. The molecular weight excluding hydrogens is 414 g/mol. The molecule has 166 valence electrons. The highest BCUT2D eigenvalue weighted by molar-refractivity contribution is 6.05. The van der Waals surface area contributed by atoms with E-state index in [1.165, 1.54) is 7.05 Å². The number of rotatable bonds is 3. The van der Waals surface area contributed by atoms with Crippen molar-refractivity contribution in [3.63, 3.8) is 0 Å². The summed E-state index contributed by atoms with van der Waals surface area (Å²) in [6.45, 7) is 1.28. The molecule has 0 aliphatic carbocycles. The summed E-state index contributed by atoms with van der Waals surface area (Å²) in [5.74, 6) is 0.516. The minimum Gasteiger partial charge on any atom is -0.486 e. The molecule has 0 unspecified atom stereocenters. The van der Waals surface area contributed by atoms with Crippen molar-refractivity contribution in [2.24, 2.45) is 5.92 Å². The van der Waals surface area contributed by atoms with Gasteiger partial charge in [-0.25, -0.2) is 0 Å². The van der Waals surface area contributed by atoms with Crippen LogP contribution in [0, 0.1) is 5.92 Å². The molecule has 3 aliphatic heterocycles. The fraction of sp³-hybridized carbons (Fsp3) is 0.348. The third-order valence-corrected chi connectivity index (χ3v) is 5.89. The van der Waals surface area contributed by atoms with Crippen LogP contribution < -0.4 is 29.3 Å². The van der Waals surface area contributed by atoms with Crippen LogP contribution in [0.15, 0.2) is 42.5 Å². The second kappa shape index (κ2) is 8.07.